The molecule has 10 nitrogen and oxygen atoms in total. The van der Waals surface area contributed by atoms with Crippen LogP contribution in [0.15, 0.2) is 24.4 Å². The van der Waals surface area contributed by atoms with Gasteiger partial charge in [0.25, 0.3) is 5.91 Å². The Morgan fingerprint density at radius 2 is 1.55 bits per heavy atom. The van der Waals surface area contributed by atoms with E-state index in [4.69, 9.17) is 23.8 Å². The highest BCUT2D eigenvalue weighted by Gasteiger charge is 2.49. The minimum Gasteiger partial charge on any atom is -0.449 e. The van der Waals surface area contributed by atoms with Gasteiger partial charge >= 0.3 is 12.1 Å². The lowest BCUT2D eigenvalue weighted by atomic mass is 10.1. The molecule has 214 valence electrons. The van der Waals surface area contributed by atoms with Gasteiger partial charge in [-0.1, -0.05) is 18.7 Å². The average Bonchev–Trinajstić information content (AvgIpc) is 3.44. The molecule has 0 aromatic heterocycles. The van der Waals surface area contributed by atoms with E-state index >= 15 is 0 Å². The zero-order valence-electron chi connectivity index (χ0n) is 22.5. The van der Waals surface area contributed by atoms with E-state index in [1.807, 2.05) is 0 Å². The number of rotatable bonds is 18. The van der Waals surface area contributed by atoms with Crippen LogP contribution >= 0.6 is 0 Å². The van der Waals surface area contributed by atoms with Gasteiger partial charge in [0.15, 0.2) is 0 Å². The smallest absolute Gasteiger partial charge is 0.407 e. The van der Waals surface area contributed by atoms with Crippen molar-refractivity contribution in [2.75, 3.05) is 52.8 Å². The Hall–Kier alpha value is -2.43. The van der Waals surface area contributed by atoms with Gasteiger partial charge in [-0.2, -0.15) is 0 Å². The quantitative estimate of drug-likeness (QED) is 0.207. The van der Waals surface area contributed by atoms with E-state index in [9.17, 15) is 14.4 Å². The number of hydroxylamine groups is 2. The van der Waals surface area contributed by atoms with Crippen LogP contribution in [-0.2, 0) is 33.4 Å². The van der Waals surface area contributed by atoms with E-state index in [1.165, 1.54) is 12.8 Å². The van der Waals surface area contributed by atoms with Gasteiger partial charge in [-0.05, 0) is 69.1 Å². The molecule has 0 aromatic carbocycles. The maximum Gasteiger partial charge on any atom is 0.407 e. The van der Waals surface area contributed by atoms with Crippen LogP contribution in [0.2, 0.25) is 0 Å². The molecule has 1 N–H and O–H groups in total. The van der Waals surface area contributed by atoms with Crippen LogP contribution in [0, 0.1) is 17.8 Å². The highest BCUT2D eigenvalue weighted by atomic mass is 16.7. The van der Waals surface area contributed by atoms with Crippen molar-refractivity contribution < 1.29 is 38.2 Å². The lowest BCUT2D eigenvalue weighted by molar-refractivity contribution is -0.187. The van der Waals surface area contributed by atoms with Crippen molar-refractivity contribution in [3.63, 3.8) is 0 Å². The van der Waals surface area contributed by atoms with Crippen LogP contribution in [-0.4, -0.2) is 75.8 Å². The summed E-state index contributed by atoms with van der Waals surface area (Å²) in [5.41, 5.74) is 0.511. The maximum absolute atomic E-state index is 11.9. The molecule has 38 heavy (non-hydrogen) atoms. The normalized spacial score (nSPS) is 23.4. The number of carbonyl (C=O) groups is 3. The standard InChI is InChI=1S/C28H44N2O8/c1-22-11-12-26(31)30(22)38-27(32)13-17-34-15-7-4-8-16-35-19-20-36-18-14-29-28(33)37-21-25-23-9-5-2-3-6-10-24(23)25/h2-3,23-25H,1,4-21H2,(H,29,33)/b3-2-. The number of hydrogen-bond acceptors (Lipinski definition) is 8. The lowest BCUT2D eigenvalue weighted by Crippen LogP contribution is -2.29. The molecule has 2 unspecified atom stereocenters. The number of nitrogens with one attached hydrogen (secondary N) is 1. The highest BCUT2D eigenvalue weighted by molar-refractivity contribution is 5.82. The van der Waals surface area contributed by atoms with Crippen molar-refractivity contribution >= 4 is 18.0 Å². The Kier molecular flexibility index (Phi) is 13.6. The van der Waals surface area contributed by atoms with Gasteiger partial charge in [-0.15, -0.1) is 5.06 Å². The van der Waals surface area contributed by atoms with Gasteiger partial charge in [0, 0.05) is 26.2 Å². The first-order valence-electron chi connectivity index (χ1n) is 14.1. The van der Waals surface area contributed by atoms with E-state index in [2.05, 4.69) is 24.0 Å². The molecule has 0 bridgehead atoms. The van der Waals surface area contributed by atoms with E-state index in [-0.39, 0.29) is 25.0 Å². The Morgan fingerprint density at radius 3 is 2.21 bits per heavy atom. The third-order valence-electron chi connectivity index (χ3n) is 7.17. The second-order valence-electron chi connectivity index (χ2n) is 10.0. The van der Waals surface area contributed by atoms with Crippen LogP contribution in [0.25, 0.3) is 0 Å². The summed E-state index contributed by atoms with van der Waals surface area (Å²) in [5, 5.41) is 3.73. The Morgan fingerprint density at radius 1 is 0.895 bits per heavy atom. The molecule has 3 aliphatic rings. The first-order chi connectivity index (χ1) is 18.6. The molecule has 10 heteroatoms. The monoisotopic (exact) mass is 536 g/mol. The molecule has 0 radical (unpaired) electrons. The van der Waals surface area contributed by atoms with Gasteiger partial charge in [0.1, 0.15) is 0 Å². The van der Waals surface area contributed by atoms with Crippen LogP contribution < -0.4 is 5.32 Å². The average molecular weight is 537 g/mol. The number of carbonyl (C=O) groups excluding carboxylic acids is 3. The summed E-state index contributed by atoms with van der Waals surface area (Å²) in [6.45, 7) is 7.52. The number of ether oxygens (including phenoxy) is 4. The van der Waals surface area contributed by atoms with E-state index in [0.717, 1.165) is 49.0 Å². The SMILES string of the molecule is C=C1CCC(=O)N1OC(=O)CCOCCCCCOCCOCCNC(=O)OCC1C2CC/C=C\CCC21. The third kappa shape index (κ3) is 11.1. The van der Waals surface area contributed by atoms with Crippen molar-refractivity contribution in [2.24, 2.45) is 17.8 Å². The van der Waals surface area contributed by atoms with E-state index < -0.39 is 5.97 Å². The van der Waals surface area contributed by atoms with Crippen molar-refractivity contribution in [1.29, 1.82) is 0 Å². The minimum absolute atomic E-state index is 0.0935. The van der Waals surface area contributed by atoms with Crippen LogP contribution in [0.4, 0.5) is 4.79 Å². The topological polar surface area (TPSA) is 113 Å². The first kappa shape index (κ1) is 30.1. The molecule has 3 rings (SSSR count). The fourth-order valence-electron chi connectivity index (χ4n) is 4.95. The van der Waals surface area contributed by atoms with Crippen molar-refractivity contribution in [2.45, 2.75) is 64.2 Å². The molecule has 1 heterocycles. The molecule has 0 aromatic rings. The second kappa shape index (κ2) is 17.2. The third-order valence-corrected chi connectivity index (χ3v) is 7.17. The Balaban J connectivity index is 1.01. The summed E-state index contributed by atoms with van der Waals surface area (Å²) >= 11 is 0. The van der Waals surface area contributed by atoms with E-state index in [0.29, 0.717) is 70.6 Å². The number of unbranched alkanes of at least 4 members (excludes halogenated alkanes) is 2. The van der Waals surface area contributed by atoms with Gasteiger partial charge in [-0.25, -0.2) is 9.59 Å². The van der Waals surface area contributed by atoms with Crippen LogP contribution in [0.3, 0.4) is 0 Å². The zero-order chi connectivity index (χ0) is 27.0. The molecule has 2 fully saturated rings. The molecule has 2 atom stereocenters. The van der Waals surface area contributed by atoms with E-state index in [1.54, 1.807) is 0 Å². The summed E-state index contributed by atoms with van der Waals surface area (Å²) in [5.74, 6) is 1.25. The first-order valence-corrected chi connectivity index (χ1v) is 14.1. The molecular weight excluding hydrogens is 492 g/mol. The fraction of sp³-hybridized carbons (Fsp3) is 0.750. The number of allylic oxidation sites excluding steroid dienone is 3. The lowest BCUT2D eigenvalue weighted by Gasteiger charge is -2.15. The minimum atomic E-state index is -0.498. The fourth-order valence-corrected chi connectivity index (χ4v) is 4.95. The highest BCUT2D eigenvalue weighted by Crippen LogP contribution is 2.52. The number of alkyl carbamates (subject to hydrolysis) is 1. The van der Waals surface area contributed by atoms with Crippen molar-refractivity contribution in [1.82, 2.24) is 10.4 Å². The maximum atomic E-state index is 11.9. The number of nitrogens with zero attached hydrogens (tertiary/aromatic N) is 1. The summed E-state index contributed by atoms with van der Waals surface area (Å²) in [7, 11) is 0. The molecule has 2 aliphatic carbocycles. The largest absolute Gasteiger partial charge is 0.449 e. The van der Waals surface area contributed by atoms with Gasteiger partial charge in [-0.3, -0.25) is 4.79 Å². The number of hydrogen-bond donors (Lipinski definition) is 1. The molecule has 2 amide bonds. The van der Waals surface area contributed by atoms with Gasteiger partial charge in [0.2, 0.25) is 0 Å². The molecule has 1 aliphatic heterocycles. The second-order valence-corrected chi connectivity index (χ2v) is 10.0. The van der Waals surface area contributed by atoms with Gasteiger partial charge < -0.3 is 29.1 Å². The molecule has 1 saturated carbocycles. The van der Waals surface area contributed by atoms with Crippen LogP contribution in [0.1, 0.15) is 64.2 Å². The summed E-state index contributed by atoms with van der Waals surface area (Å²) in [4.78, 5) is 40.2. The van der Waals surface area contributed by atoms with Gasteiger partial charge in [0.05, 0.1) is 45.2 Å². The zero-order valence-corrected chi connectivity index (χ0v) is 22.5. The van der Waals surface area contributed by atoms with Crippen molar-refractivity contribution in [3.05, 3.63) is 24.4 Å². The summed E-state index contributed by atoms with van der Waals surface area (Å²) in [6.07, 6.45) is 12.6. The molecule has 1 saturated heterocycles. The molecule has 0 spiro atoms. The predicted octanol–water partition coefficient (Wildman–Crippen LogP) is 3.91. The summed E-state index contributed by atoms with van der Waals surface area (Å²) in [6, 6.07) is 0. The Labute approximate surface area is 226 Å². The molecular formula is C28H44N2O8. The summed E-state index contributed by atoms with van der Waals surface area (Å²) < 4.78 is 21.9. The number of amides is 2. The predicted molar refractivity (Wildman–Crippen MR) is 140 cm³/mol. The Bertz CT molecular complexity index is 770. The van der Waals surface area contributed by atoms with Crippen molar-refractivity contribution in [3.8, 4) is 0 Å². The van der Waals surface area contributed by atoms with Crippen LogP contribution in [0.5, 0.6) is 0 Å². The number of fused-ring (bicyclic) bond motifs is 1.